The summed E-state index contributed by atoms with van der Waals surface area (Å²) in [6.45, 7) is 0. The maximum Gasteiger partial charge on any atom is 0.138 e. The number of methoxy groups -OCH3 is 1. The Labute approximate surface area is 107 Å². The van der Waals surface area contributed by atoms with Gasteiger partial charge in [0.05, 0.1) is 18.1 Å². The molecule has 0 amide bonds. The largest absolute Gasteiger partial charge is 0.497 e. The number of H-pyrrole nitrogens is 1. The number of imidazole rings is 1. The van der Waals surface area contributed by atoms with Crippen LogP contribution in [0.2, 0.25) is 0 Å². The number of aromatic nitrogens is 2. The molecule has 0 radical (unpaired) electrons. The van der Waals surface area contributed by atoms with Crippen molar-refractivity contribution >= 4 is 11.0 Å². The molecule has 0 bridgehead atoms. The molecule has 0 saturated carbocycles. The quantitative estimate of drug-likeness (QED) is 0.765. The van der Waals surface area contributed by atoms with E-state index >= 15 is 0 Å². The van der Waals surface area contributed by atoms with Gasteiger partial charge in [-0.2, -0.15) is 0 Å². The van der Waals surface area contributed by atoms with Crippen molar-refractivity contribution in [1.29, 1.82) is 0 Å². The van der Waals surface area contributed by atoms with Crippen molar-refractivity contribution in [2.24, 2.45) is 0 Å². The van der Waals surface area contributed by atoms with E-state index < -0.39 is 11.6 Å². The number of rotatable bonds is 2. The molecule has 3 rings (SSSR count). The van der Waals surface area contributed by atoms with E-state index in [1.807, 2.05) is 0 Å². The summed E-state index contributed by atoms with van der Waals surface area (Å²) in [6.07, 6.45) is 0. The second-order valence-corrected chi connectivity index (χ2v) is 4.13. The first-order valence-corrected chi connectivity index (χ1v) is 5.66. The molecule has 3 aromatic rings. The number of aromatic amines is 1. The van der Waals surface area contributed by atoms with Crippen LogP contribution in [0.4, 0.5) is 8.78 Å². The molecule has 1 aromatic heterocycles. The van der Waals surface area contributed by atoms with Crippen LogP contribution in [0.25, 0.3) is 22.4 Å². The summed E-state index contributed by atoms with van der Waals surface area (Å²) in [6, 6.07) is 8.63. The summed E-state index contributed by atoms with van der Waals surface area (Å²) in [5, 5.41) is 0. The third kappa shape index (κ3) is 2.14. The Balaban J connectivity index is 2.14. The first kappa shape index (κ1) is 11.6. The minimum atomic E-state index is -0.631. The molecule has 0 aliphatic heterocycles. The maximum atomic E-state index is 13.2. The van der Waals surface area contributed by atoms with Gasteiger partial charge >= 0.3 is 0 Å². The molecule has 0 spiro atoms. The van der Waals surface area contributed by atoms with Crippen LogP contribution in [-0.4, -0.2) is 17.1 Å². The Morgan fingerprint density at radius 1 is 1.05 bits per heavy atom. The predicted octanol–water partition coefficient (Wildman–Crippen LogP) is 3.52. The monoisotopic (exact) mass is 260 g/mol. The zero-order valence-corrected chi connectivity index (χ0v) is 10.1. The van der Waals surface area contributed by atoms with Gasteiger partial charge in [-0.3, -0.25) is 0 Å². The molecule has 2 aromatic carbocycles. The lowest BCUT2D eigenvalue weighted by Gasteiger charge is -1.97. The van der Waals surface area contributed by atoms with E-state index in [2.05, 4.69) is 9.97 Å². The van der Waals surface area contributed by atoms with Crippen molar-refractivity contribution in [2.75, 3.05) is 7.11 Å². The number of halogens is 2. The Morgan fingerprint density at radius 3 is 2.47 bits per heavy atom. The van der Waals surface area contributed by atoms with Crippen molar-refractivity contribution in [3.05, 3.63) is 48.0 Å². The van der Waals surface area contributed by atoms with Crippen molar-refractivity contribution in [3.63, 3.8) is 0 Å². The molecule has 19 heavy (non-hydrogen) atoms. The molecule has 1 heterocycles. The van der Waals surface area contributed by atoms with Crippen LogP contribution in [0.1, 0.15) is 0 Å². The van der Waals surface area contributed by atoms with E-state index in [0.717, 1.165) is 11.6 Å². The summed E-state index contributed by atoms with van der Waals surface area (Å²) in [4.78, 5) is 7.31. The van der Waals surface area contributed by atoms with Gasteiger partial charge in [0.15, 0.2) is 0 Å². The first-order valence-electron chi connectivity index (χ1n) is 5.66. The van der Waals surface area contributed by atoms with Gasteiger partial charge < -0.3 is 9.72 Å². The van der Waals surface area contributed by atoms with Gasteiger partial charge in [-0.05, 0) is 24.3 Å². The fraction of sp³-hybridized carbons (Fsp3) is 0.0714. The van der Waals surface area contributed by atoms with Crippen molar-refractivity contribution in [2.45, 2.75) is 0 Å². The second kappa shape index (κ2) is 4.35. The number of hydrogen-bond acceptors (Lipinski definition) is 2. The minimum absolute atomic E-state index is 0.368. The van der Waals surface area contributed by atoms with E-state index in [4.69, 9.17) is 4.74 Å². The van der Waals surface area contributed by atoms with Gasteiger partial charge in [-0.25, -0.2) is 13.8 Å². The zero-order valence-electron chi connectivity index (χ0n) is 10.1. The van der Waals surface area contributed by atoms with Crippen molar-refractivity contribution < 1.29 is 13.5 Å². The minimum Gasteiger partial charge on any atom is -0.497 e. The van der Waals surface area contributed by atoms with Gasteiger partial charge in [0.2, 0.25) is 0 Å². The Morgan fingerprint density at radius 2 is 1.79 bits per heavy atom. The van der Waals surface area contributed by atoms with Crippen LogP contribution in [0.3, 0.4) is 0 Å². The Hall–Kier alpha value is -2.43. The van der Waals surface area contributed by atoms with Gasteiger partial charge in [0.25, 0.3) is 0 Å². The smallest absolute Gasteiger partial charge is 0.138 e. The number of hydrogen-bond donors (Lipinski definition) is 1. The summed E-state index contributed by atoms with van der Waals surface area (Å²) in [7, 11) is 1.57. The third-order valence-corrected chi connectivity index (χ3v) is 2.83. The molecule has 0 aliphatic rings. The predicted molar refractivity (Wildman–Crippen MR) is 68.0 cm³/mol. The molecular weight excluding hydrogens is 250 g/mol. The van der Waals surface area contributed by atoms with E-state index in [1.54, 1.807) is 25.3 Å². The molecule has 0 saturated heterocycles. The summed E-state index contributed by atoms with van der Waals surface area (Å²) in [5.74, 6) is -0.157. The SMILES string of the molecule is COc1ccc2nc(-c3cc(F)cc(F)c3)[nH]c2c1. The fourth-order valence-electron chi connectivity index (χ4n) is 1.94. The highest BCUT2D eigenvalue weighted by atomic mass is 19.1. The summed E-state index contributed by atoms with van der Waals surface area (Å²) < 4.78 is 31.5. The van der Waals surface area contributed by atoms with Crippen LogP contribution in [-0.2, 0) is 0 Å². The van der Waals surface area contributed by atoms with E-state index in [-0.39, 0.29) is 0 Å². The lowest BCUT2D eigenvalue weighted by molar-refractivity contribution is 0.415. The van der Waals surface area contributed by atoms with E-state index in [0.29, 0.717) is 22.7 Å². The lowest BCUT2D eigenvalue weighted by Crippen LogP contribution is -1.85. The summed E-state index contributed by atoms with van der Waals surface area (Å²) >= 11 is 0. The molecule has 0 fully saturated rings. The van der Waals surface area contributed by atoms with Gasteiger partial charge in [-0.15, -0.1) is 0 Å². The highest BCUT2D eigenvalue weighted by Gasteiger charge is 2.08. The van der Waals surface area contributed by atoms with Crippen LogP contribution < -0.4 is 4.74 Å². The van der Waals surface area contributed by atoms with E-state index in [9.17, 15) is 8.78 Å². The molecule has 96 valence electrons. The van der Waals surface area contributed by atoms with Crippen LogP contribution in [0, 0.1) is 11.6 Å². The van der Waals surface area contributed by atoms with Crippen LogP contribution in [0.15, 0.2) is 36.4 Å². The normalized spacial score (nSPS) is 10.9. The molecular formula is C14H10F2N2O. The van der Waals surface area contributed by atoms with Crippen LogP contribution in [0.5, 0.6) is 5.75 Å². The van der Waals surface area contributed by atoms with Gasteiger partial charge in [-0.1, -0.05) is 0 Å². The Bertz CT molecular complexity index is 732. The van der Waals surface area contributed by atoms with E-state index in [1.165, 1.54) is 12.1 Å². The van der Waals surface area contributed by atoms with Gasteiger partial charge in [0.1, 0.15) is 23.2 Å². The highest BCUT2D eigenvalue weighted by Crippen LogP contribution is 2.24. The summed E-state index contributed by atoms with van der Waals surface area (Å²) in [5.41, 5.74) is 1.83. The number of fused-ring (bicyclic) bond motifs is 1. The molecule has 0 atom stereocenters. The molecule has 0 aliphatic carbocycles. The number of benzene rings is 2. The standard InChI is InChI=1S/C14H10F2N2O/c1-19-11-2-3-12-13(7-11)18-14(17-12)8-4-9(15)6-10(16)5-8/h2-7H,1H3,(H,17,18). The van der Waals surface area contributed by atoms with Crippen LogP contribution >= 0.6 is 0 Å². The molecule has 0 unspecified atom stereocenters. The number of nitrogens with zero attached hydrogens (tertiary/aromatic N) is 1. The third-order valence-electron chi connectivity index (χ3n) is 2.83. The zero-order chi connectivity index (χ0) is 13.4. The first-order chi connectivity index (χ1) is 9.15. The van der Waals surface area contributed by atoms with Crippen molar-refractivity contribution in [3.8, 4) is 17.1 Å². The Kier molecular flexibility index (Phi) is 2.67. The topological polar surface area (TPSA) is 37.9 Å². The number of nitrogens with one attached hydrogen (secondary N) is 1. The molecule has 5 heteroatoms. The lowest BCUT2D eigenvalue weighted by atomic mass is 10.2. The maximum absolute atomic E-state index is 13.2. The molecule has 3 nitrogen and oxygen atoms in total. The number of ether oxygens (including phenoxy) is 1. The van der Waals surface area contributed by atoms with Gasteiger partial charge in [0, 0.05) is 17.7 Å². The van der Waals surface area contributed by atoms with Crippen molar-refractivity contribution in [1.82, 2.24) is 9.97 Å². The molecule has 1 N–H and O–H groups in total. The highest BCUT2D eigenvalue weighted by molar-refractivity contribution is 5.80. The average Bonchev–Trinajstić information content (AvgIpc) is 2.80. The average molecular weight is 260 g/mol. The second-order valence-electron chi connectivity index (χ2n) is 4.13. The fourth-order valence-corrected chi connectivity index (χ4v) is 1.94.